The second-order valence-electron chi connectivity index (χ2n) is 5.99. The zero-order chi connectivity index (χ0) is 15.6. The van der Waals surface area contributed by atoms with Crippen molar-refractivity contribution in [1.29, 1.82) is 0 Å². The number of hydrogen-bond donors (Lipinski definition) is 1. The van der Waals surface area contributed by atoms with E-state index in [4.69, 9.17) is 0 Å². The second-order valence-corrected chi connectivity index (χ2v) is 7.69. The van der Waals surface area contributed by atoms with E-state index in [2.05, 4.69) is 5.32 Å². The summed E-state index contributed by atoms with van der Waals surface area (Å²) in [5.74, 6) is 1.29. The van der Waals surface area contributed by atoms with Gasteiger partial charge in [-0.05, 0) is 32.1 Å². The van der Waals surface area contributed by atoms with Crippen LogP contribution in [0.1, 0.15) is 52.9 Å². The fourth-order valence-corrected chi connectivity index (χ4v) is 4.75. The van der Waals surface area contributed by atoms with Crippen LogP contribution < -0.4 is 5.32 Å². The van der Waals surface area contributed by atoms with Gasteiger partial charge in [0.05, 0.1) is 0 Å². The van der Waals surface area contributed by atoms with Crippen LogP contribution in [0.15, 0.2) is 0 Å². The molecule has 0 aromatic carbocycles. The van der Waals surface area contributed by atoms with Crippen molar-refractivity contribution in [2.24, 2.45) is 0 Å². The summed E-state index contributed by atoms with van der Waals surface area (Å²) in [5.41, 5.74) is -0.751. The lowest BCUT2D eigenvalue weighted by Gasteiger charge is -2.49. The largest absolute Gasteiger partial charge is 0.340 e. The quantitative estimate of drug-likeness (QED) is 0.848. The van der Waals surface area contributed by atoms with Gasteiger partial charge in [0.15, 0.2) is 0 Å². The van der Waals surface area contributed by atoms with Gasteiger partial charge in [-0.2, -0.15) is 0 Å². The molecule has 5 nitrogen and oxygen atoms in total. The molecule has 2 amide bonds. The topological polar surface area (TPSA) is 66.5 Å². The summed E-state index contributed by atoms with van der Waals surface area (Å²) in [7, 11) is -0.760. The summed E-state index contributed by atoms with van der Waals surface area (Å²) in [6.07, 6.45) is 3.33. The SMILES string of the molecule is CCC1C(=O)NC(CC)(CC)C(=O)N1C1CCS(=O)CC1. The molecule has 120 valence electrons. The summed E-state index contributed by atoms with van der Waals surface area (Å²) in [4.78, 5) is 27.3. The predicted octanol–water partition coefficient (Wildman–Crippen LogP) is 1.19. The Morgan fingerprint density at radius 1 is 1.19 bits per heavy atom. The maximum Gasteiger partial charge on any atom is 0.249 e. The number of nitrogens with one attached hydrogen (secondary N) is 1. The molecule has 1 unspecified atom stereocenters. The Hall–Kier alpha value is -0.910. The van der Waals surface area contributed by atoms with Crippen molar-refractivity contribution in [2.75, 3.05) is 11.5 Å². The van der Waals surface area contributed by atoms with Crippen molar-refractivity contribution >= 4 is 22.6 Å². The average Bonchev–Trinajstić information content (AvgIpc) is 2.50. The molecule has 2 saturated heterocycles. The van der Waals surface area contributed by atoms with E-state index in [1.54, 1.807) is 0 Å². The van der Waals surface area contributed by atoms with E-state index in [1.807, 2.05) is 25.7 Å². The number of hydrogen-bond acceptors (Lipinski definition) is 3. The standard InChI is InChI=1S/C15H26N2O3S/c1-4-12-13(18)16-15(5-2,6-3)14(19)17(12)11-7-9-21(20)10-8-11/h11-12H,4-10H2,1-3H3,(H,16,18). The second kappa shape index (κ2) is 6.46. The number of piperazine rings is 1. The summed E-state index contributed by atoms with van der Waals surface area (Å²) in [6, 6.07) is -0.316. The maximum atomic E-state index is 13.0. The van der Waals surface area contributed by atoms with Crippen molar-refractivity contribution in [3.63, 3.8) is 0 Å². The number of amides is 2. The highest BCUT2D eigenvalue weighted by Crippen LogP contribution is 2.30. The summed E-state index contributed by atoms with van der Waals surface area (Å²) >= 11 is 0. The molecule has 0 spiro atoms. The first-order valence-electron chi connectivity index (χ1n) is 7.98. The van der Waals surface area contributed by atoms with Crippen LogP contribution >= 0.6 is 0 Å². The van der Waals surface area contributed by atoms with Crippen molar-refractivity contribution in [3.8, 4) is 0 Å². The maximum absolute atomic E-state index is 13.0. The van der Waals surface area contributed by atoms with Gasteiger partial charge in [0, 0.05) is 28.3 Å². The summed E-state index contributed by atoms with van der Waals surface area (Å²) in [6.45, 7) is 5.83. The minimum atomic E-state index is -0.760. The van der Waals surface area contributed by atoms with Gasteiger partial charge in [0.25, 0.3) is 0 Å². The van der Waals surface area contributed by atoms with Gasteiger partial charge in [-0.1, -0.05) is 20.8 Å². The molecule has 0 aromatic heterocycles. The Labute approximate surface area is 129 Å². The number of carbonyl (C=O) groups excluding carboxylic acids is 2. The van der Waals surface area contributed by atoms with E-state index < -0.39 is 16.3 Å². The van der Waals surface area contributed by atoms with Gasteiger partial charge in [-0.15, -0.1) is 0 Å². The third-order valence-electron chi connectivity index (χ3n) is 4.99. The molecule has 1 atom stereocenters. The highest BCUT2D eigenvalue weighted by Gasteiger charge is 2.50. The number of rotatable bonds is 4. The highest BCUT2D eigenvalue weighted by molar-refractivity contribution is 7.85. The van der Waals surface area contributed by atoms with Crippen LogP contribution in [0.25, 0.3) is 0 Å². The molecule has 0 aliphatic carbocycles. The van der Waals surface area contributed by atoms with E-state index in [0.717, 1.165) is 12.8 Å². The van der Waals surface area contributed by atoms with Crippen LogP contribution in [0.3, 0.4) is 0 Å². The van der Waals surface area contributed by atoms with Crippen molar-refractivity contribution in [3.05, 3.63) is 0 Å². The first-order valence-corrected chi connectivity index (χ1v) is 9.47. The van der Waals surface area contributed by atoms with Crippen LogP contribution in [-0.4, -0.2) is 50.1 Å². The average molecular weight is 314 g/mol. The Morgan fingerprint density at radius 3 is 2.24 bits per heavy atom. The van der Waals surface area contributed by atoms with E-state index in [-0.39, 0.29) is 23.9 Å². The highest BCUT2D eigenvalue weighted by atomic mass is 32.2. The van der Waals surface area contributed by atoms with Crippen LogP contribution in [0.4, 0.5) is 0 Å². The molecule has 0 bridgehead atoms. The Morgan fingerprint density at radius 2 is 1.76 bits per heavy atom. The van der Waals surface area contributed by atoms with Crippen molar-refractivity contribution < 1.29 is 13.8 Å². The molecule has 2 aliphatic heterocycles. The van der Waals surface area contributed by atoms with Crippen molar-refractivity contribution in [1.82, 2.24) is 10.2 Å². The smallest absolute Gasteiger partial charge is 0.249 e. The first-order chi connectivity index (χ1) is 9.99. The van der Waals surface area contributed by atoms with E-state index >= 15 is 0 Å². The van der Waals surface area contributed by atoms with E-state index in [0.29, 0.717) is 30.8 Å². The van der Waals surface area contributed by atoms with Gasteiger partial charge >= 0.3 is 0 Å². The molecule has 2 fully saturated rings. The normalized spacial score (nSPS) is 32.9. The minimum absolute atomic E-state index is 0.0347. The summed E-state index contributed by atoms with van der Waals surface area (Å²) in [5, 5.41) is 2.97. The van der Waals surface area contributed by atoms with Crippen LogP contribution in [0, 0.1) is 0 Å². The lowest BCUT2D eigenvalue weighted by atomic mass is 9.85. The minimum Gasteiger partial charge on any atom is -0.340 e. The molecular weight excluding hydrogens is 288 g/mol. The van der Waals surface area contributed by atoms with E-state index in [1.165, 1.54) is 0 Å². The van der Waals surface area contributed by atoms with Gasteiger partial charge < -0.3 is 10.2 Å². The molecule has 0 aromatic rings. The van der Waals surface area contributed by atoms with Gasteiger partial charge in [-0.3, -0.25) is 13.8 Å². The van der Waals surface area contributed by atoms with Crippen LogP contribution in [0.5, 0.6) is 0 Å². The molecule has 0 radical (unpaired) electrons. The Balaban J connectivity index is 2.31. The van der Waals surface area contributed by atoms with Crippen molar-refractivity contribution in [2.45, 2.75) is 70.5 Å². The monoisotopic (exact) mass is 314 g/mol. The molecule has 2 heterocycles. The molecule has 6 heteroatoms. The Kier molecular flexibility index (Phi) is 5.07. The van der Waals surface area contributed by atoms with E-state index in [9.17, 15) is 13.8 Å². The summed E-state index contributed by atoms with van der Waals surface area (Å²) < 4.78 is 11.6. The first kappa shape index (κ1) is 16.5. The van der Waals surface area contributed by atoms with Gasteiger partial charge in [0.2, 0.25) is 11.8 Å². The molecular formula is C15H26N2O3S. The van der Waals surface area contributed by atoms with Gasteiger partial charge in [0.1, 0.15) is 11.6 Å². The molecule has 0 saturated carbocycles. The lowest BCUT2D eigenvalue weighted by molar-refractivity contribution is -0.159. The number of carbonyl (C=O) groups is 2. The third kappa shape index (κ3) is 2.87. The van der Waals surface area contributed by atoms with Crippen LogP contribution in [-0.2, 0) is 20.4 Å². The molecule has 1 N–H and O–H groups in total. The zero-order valence-electron chi connectivity index (χ0n) is 13.2. The third-order valence-corrected chi connectivity index (χ3v) is 6.37. The molecule has 2 aliphatic rings. The number of nitrogens with zero attached hydrogens (tertiary/aromatic N) is 1. The fourth-order valence-electron chi connectivity index (χ4n) is 3.48. The predicted molar refractivity (Wildman–Crippen MR) is 83.3 cm³/mol. The molecule has 21 heavy (non-hydrogen) atoms. The van der Waals surface area contributed by atoms with Crippen LogP contribution in [0.2, 0.25) is 0 Å². The Bertz CT molecular complexity index is 438. The lowest BCUT2D eigenvalue weighted by Crippen LogP contribution is -2.72. The molecule has 2 rings (SSSR count). The van der Waals surface area contributed by atoms with Gasteiger partial charge in [-0.25, -0.2) is 0 Å². The zero-order valence-corrected chi connectivity index (χ0v) is 14.0. The fraction of sp³-hybridized carbons (Fsp3) is 0.867.